The van der Waals surface area contributed by atoms with Crippen LogP contribution in [0.2, 0.25) is 5.02 Å². The third-order valence-corrected chi connectivity index (χ3v) is 3.49. The van der Waals surface area contributed by atoms with Gasteiger partial charge in [-0.15, -0.1) is 0 Å². The van der Waals surface area contributed by atoms with E-state index in [0.29, 0.717) is 30.3 Å². The second-order valence-electron chi connectivity index (χ2n) is 4.82. The van der Waals surface area contributed by atoms with Crippen molar-refractivity contribution in [1.29, 1.82) is 0 Å². The number of aryl methyl sites for hydroxylation is 3. The first-order chi connectivity index (χ1) is 10.6. The van der Waals surface area contributed by atoms with Crippen LogP contribution in [-0.4, -0.2) is 29.5 Å². The van der Waals surface area contributed by atoms with E-state index in [9.17, 15) is 4.39 Å². The maximum absolute atomic E-state index is 14.2. The quantitative estimate of drug-likeness (QED) is 0.725. The van der Waals surface area contributed by atoms with E-state index in [2.05, 4.69) is 20.2 Å². The average molecular weight is 321 g/mol. The second-order valence-corrected chi connectivity index (χ2v) is 5.23. The summed E-state index contributed by atoms with van der Waals surface area (Å²) in [6.45, 7) is 2.49. The zero-order chi connectivity index (χ0) is 15.5. The van der Waals surface area contributed by atoms with E-state index in [1.165, 1.54) is 17.1 Å². The average Bonchev–Trinajstić information content (AvgIpc) is 3.12. The second kappa shape index (κ2) is 6.23. The maximum atomic E-state index is 14.2. The van der Waals surface area contributed by atoms with Gasteiger partial charge in [0.15, 0.2) is 5.82 Å². The van der Waals surface area contributed by atoms with Crippen molar-refractivity contribution < 1.29 is 4.39 Å². The molecule has 0 spiro atoms. The maximum Gasteiger partial charge on any atom is 0.167 e. The fraction of sp³-hybridized carbons (Fsp3) is 0.286. The van der Waals surface area contributed by atoms with Gasteiger partial charge in [-0.1, -0.05) is 17.7 Å². The third-order valence-electron chi connectivity index (χ3n) is 3.19. The van der Waals surface area contributed by atoms with Crippen LogP contribution < -0.4 is 0 Å². The van der Waals surface area contributed by atoms with Gasteiger partial charge in [-0.2, -0.15) is 10.2 Å². The molecule has 0 aliphatic rings. The molecule has 0 N–H and O–H groups in total. The molecular formula is C14H14ClFN6. The molecule has 0 radical (unpaired) electrons. The lowest BCUT2D eigenvalue weighted by molar-refractivity contribution is 0.560. The molecule has 22 heavy (non-hydrogen) atoms. The molecule has 114 valence electrons. The van der Waals surface area contributed by atoms with E-state index < -0.39 is 5.82 Å². The molecule has 6 nitrogen and oxygen atoms in total. The molecule has 0 aliphatic carbocycles. The smallest absolute Gasteiger partial charge is 0.167 e. The van der Waals surface area contributed by atoms with Gasteiger partial charge >= 0.3 is 0 Å². The zero-order valence-electron chi connectivity index (χ0n) is 11.9. The molecular weight excluding hydrogens is 307 g/mol. The van der Waals surface area contributed by atoms with Crippen molar-refractivity contribution in [3.63, 3.8) is 0 Å². The highest BCUT2D eigenvalue weighted by molar-refractivity contribution is 6.30. The van der Waals surface area contributed by atoms with Gasteiger partial charge in [0, 0.05) is 13.0 Å². The molecule has 0 amide bonds. The number of hydrogen-bond donors (Lipinski definition) is 0. The summed E-state index contributed by atoms with van der Waals surface area (Å²) in [5.74, 6) is 0.792. The van der Waals surface area contributed by atoms with E-state index in [0.717, 1.165) is 6.42 Å². The summed E-state index contributed by atoms with van der Waals surface area (Å²) in [7, 11) is 0. The van der Waals surface area contributed by atoms with Crippen LogP contribution in [0.5, 0.6) is 0 Å². The van der Waals surface area contributed by atoms with Crippen LogP contribution in [0.4, 0.5) is 4.39 Å². The van der Waals surface area contributed by atoms with Crippen molar-refractivity contribution in [3.05, 3.63) is 53.3 Å². The minimum absolute atomic E-state index is 0.0687. The largest absolute Gasteiger partial charge is 0.253 e. The van der Waals surface area contributed by atoms with E-state index in [4.69, 9.17) is 11.6 Å². The molecule has 0 aliphatic heterocycles. The van der Waals surface area contributed by atoms with Crippen LogP contribution in [0.15, 0.2) is 30.9 Å². The Morgan fingerprint density at radius 2 is 2.18 bits per heavy atom. The predicted octanol–water partition coefficient (Wildman–Crippen LogP) is 2.59. The Bertz CT molecular complexity index is 768. The molecule has 2 aromatic heterocycles. The lowest BCUT2D eigenvalue weighted by atomic mass is 10.2. The molecule has 0 saturated carbocycles. The highest BCUT2D eigenvalue weighted by Crippen LogP contribution is 2.22. The van der Waals surface area contributed by atoms with Crippen molar-refractivity contribution in [2.45, 2.75) is 26.3 Å². The normalized spacial score (nSPS) is 11.0. The molecule has 1 aromatic carbocycles. The first-order valence-corrected chi connectivity index (χ1v) is 7.22. The summed E-state index contributed by atoms with van der Waals surface area (Å²) in [5, 5.41) is 8.38. The van der Waals surface area contributed by atoms with E-state index in [1.54, 1.807) is 30.1 Å². The van der Waals surface area contributed by atoms with Crippen LogP contribution in [0.25, 0.3) is 5.69 Å². The lowest BCUT2D eigenvalue weighted by Gasteiger charge is -2.08. The van der Waals surface area contributed by atoms with Crippen LogP contribution in [0, 0.1) is 12.7 Å². The Labute approximate surface area is 131 Å². The van der Waals surface area contributed by atoms with Crippen LogP contribution in [0.1, 0.15) is 18.1 Å². The van der Waals surface area contributed by atoms with Gasteiger partial charge in [-0.05, 0) is 25.5 Å². The van der Waals surface area contributed by atoms with Crippen molar-refractivity contribution in [3.8, 4) is 5.69 Å². The van der Waals surface area contributed by atoms with Crippen LogP contribution >= 0.6 is 11.6 Å². The van der Waals surface area contributed by atoms with Gasteiger partial charge in [-0.25, -0.2) is 19.0 Å². The monoisotopic (exact) mass is 320 g/mol. The van der Waals surface area contributed by atoms with Crippen molar-refractivity contribution in [2.24, 2.45) is 0 Å². The van der Waals surface area contributed by atoms with Crippen molar-refractivity contribution in [2.75, 3.05) is 0 Å². The first-order valence-electron chi connectivity index (χ1n) is 6.84. The molecule has 3 rings (SSSR count). The van der Waals surface area contributed by atoms with Gasteiger partial charge in [0.05, 0.1) is 5.02 Å². The van der Waals surface area contributed by atoms with Crippen LogP contribution in [-0.2, 0) is 13.0 Å². The summed E-state index contributed by atoms with van der Waals surface area (Å²) >= 11 is 5.84. The predicted molar refractivity (Wildman–Crippen MR) is 79.4 cm³/mol. The summed E-state index contributed by atoms with van der Waals surface area (Å²) in [6.07, 6.45) is 4.59. The molecule has 0 fully saturated rings. The molecule has 0 bridgehead atoms. The molecule has 0 unspecified atom stereocenters. The van der Waals surface area contributed by atoms with E-state index >= 15 is 0 Å². The number of nitrogens with zero attached hydrogens (tertiary/aromatic N) is 6. The number of halogens is 2. The van der Waals surface area contributed by atoms with Gasteiger partial charge in [-0.3, -0.25) is 4.68 Å². The van der Waals surface area contributed by atoms with Gasteiger partial charge in [0.25, 0.3) is 0 Å². The van der Waals surface area contributed by atoms with E-state index in [-0.39, 0.29) is 5.02 Å². The number of aromatic nitrogens is 6. The SMILES string of the molecule is Cc1nc(CCCn2cncn2)n(-c2cccc(Cl)c2F)n1. The fourth-order valence-electron chi connectivity index (χ4n) is 2.22. The Hall–Kier alpha value is -2.28. The summed E-state index contributed by atoms with van der Waals surface area (Å²) < 4.78 is 17.4. The molecule has 3 aromatic rings. The fourth-order valence-corrected chi connectivity index (χ4v) is 2.39. The minimum atomic E-state index is -0.494. The van der Waals surface area contributed by atoms with Crippen molar-refractivity contribution in [1.82, 2.24) is 29.5 Å². The summed E-state index contributed by atoms with van der Waals surface area (Å²) in [4.78, 5) is 8.27. The Morgan fingerprint density at radius 3 is 2.95 bits per heavy atom. The molecule has 8 heteroatoms. The summed E-state index contributed by atoms with van der Waals surface area (Å²) in [6, 6.07) is 4.84. The van der Waals surface area contributed by atoms with Gasteiger partial charge < -0.3 is 0 Å². The highest BCUT2D eigenvalue weighted by atomic mass is 35.5. The molecule has 2 heterocycles. The Balaban J connectivity index is 1.82. The third kappa shape index (κ3) is 2.99. The molecule has 0 saturated heterocycles. The first kappa shape index (κ1) is 14.6. The lowest BCUT2D eigenvalue weighted by Crippen LogP contribution is -2.07. The number of benzene rings is 1. The standard InChI is InChI=1S/C14H14ClFN6/c1-10-19-13(6-3-7-21-9-17-8-18-21)22(20-10)12-5-2-4-11(15)14(12)16/h2,4-5,8-9H,3,6-7H2,1H3. The number of hydrogen-bond acceptors (Lipinski definition) is 4. The van der Waals surface area contributed by atoms with Gasteiger partial charge in [0.1, 0.15) is 30.0 Å². The molecule has 0 atom stereocenters. The topological polar surface area (TPSA) is 61.4 Å². The van der Waals surface area contributed by atoms with Crippen LogP contribution in [0.3, 0.4) is 0 Å². The minimum Gasteiger partial charge on any atom is -0.253 e. The van der Waals surface area contributed by atoms with Gasteiger partial charge in [0.2, 0.25) is 0 Å². The zero-order valence-corrected chi connectivity index (χ0v) is 12.7. The highest BCUT2D eigenvalue weighted by Gasteiger charge is 2.14. The van der Waals surface area contributed by atoms with E-state index in [1.807, 2.05) is 0 Å². The summed E-state index contributed by atoms with van der Waals surface area (Å²) in [5.41, 5.74) is 0.309. The Kier molecular flexibility index (Phi) is 4.15. The number of rotatable bonds is 5. The van der Waals surface area contributed by atoms with Crippen molar-refractivity contribution >= 4 is 11.6 Å². The Morgan fingerprint density at radius 1 is 1.32 bits per heavy atom.